The molecule has 2 aromatic carbocycles. The Kier molecular flexibility index (Phi) is 5.88. The Morgan fingerprint density at radius 1 is 1.17 bits per heavy atom. The first-order chi connectivity index (χ1) is 14.6. The number of benzene rings is 2. The number of carbonyl (C=O) groups is 2. The van der Waals surface area contributed by atoms with Gasteiger partial charge >= 0.3 is 0 Å². The fourth-order valence-corrected chi connectivity index (χ4v) is 3.92. The van der Waals surface area contributed by atoms with Crippen molar-refractivity contribution in [1.82, 2.24) is 25.0 Å². The minimum absolute atomic E-state index is 0.00212. The second-order valence-corrected chi connectivity index (χ2v) is 7.60. The lowest BCUT2D eigenvalue weighted by atomic mass is 10.1. The van der Waals surface area contributed by atoms with Gasteiger partial charge in [0.2, 0.25) is 11.8 Å². The van der Waals surface area contributed by atoms with Gasteiger partial charge in [-0.2, -0.15) is 5.10 Å². The van der Waals surface area contributed by atoms with E-state index in [0.29, 0.717) is 25.9 Å². The number of nitrogens with zero attached hydrogens (tertiary/aromatic N) is 4. The zero-order valence-corrected chi connectivity index (χ0v) is 17.0. The normalized spacial score (nSPS) is 15.9. The van der Waals surface area contributed by atoms with Crippen LogP contribution in [-0.2, 0) is 22.6 Å². The van der Waals surface area contributed by atoms with Crippen molar-refractivity contribution in [3.05, 3.63) is 77.9 Å². The number of aromatic nitrogens is 3. The highest BCUT2D eigenvalue weighted by Gasteiger charge is 2.33. The maximum atomic E-state index is 12.9. The number of hydrogen-bond donors (Lipinski definition) is 1. The van der Waals surface area contributed by atoms with E-state index in [9.17, 15) is 9.59 Å². The lowest BCUT2D eigenvalue weighted by Gasteiger charge is -2.24. The number of aryl methyl sites for hydroxylation is 1. The number of likely N-dealkylation sites (tertiary alicyclic amines) is 1. The van der Waals surface area contributed by atoms with Gasteiger partial charge in [0, 0.05) is 13.1 Å². The molecule has 154 valence electrons. The summed E-state index contributed by atoms with van der Waals surface area (Å²) >= 11 is 0. The highest BCUT2D eigenvalue weighted by atomic mass is 16.2. The summed E-state index contributed by atoms with van der Waals surface area (Å²) in [5.41, 5.74) is 3.89. The summed E-state index contributed by atoms with van der Waals surface area (Å²) in [6.45, 7) is 3.00. The van der Waals surface area contributed by atoms with E-state index in [1.54, 1.807) is 15.9 Å². The minimum Gasteiger partial charge on any atom is -0.350 e. The molecule has 2 heterocycles. The van der Waals surface area contributed by atoms with Crippen LogP contribution in [0.5, 0.6) is 0 Å². The van der Waals surface area contributed by atoms with Gasteiger partial charge in [-0.1, -0.05) is 48.0 Å². The van der Waals surface area contributed by atoms with Crippen LogP contribution < -0.4 is 5.32 Å². The van der Waals surface area contributed by atoms with Crippen LogP contribution in [0.4, 0.5) is 0 Å². The molecule has 7 heteroatoms. The third-order valence-corrected chi connectivity index (χ3v) is 5.43. The third-order valence-electron chi connectivity index (χ3n) is 5.43. The van der Waals surface area contributed by atoms with Gasteiger partial charge in [0.15, 0.2) is 0 Å². The van der Waals surface area contributed by atoms with E-state index in [2.05, 4.69) is 15.4 Å². The fourth-order valence-electron chi connectivity index (χ4n) is 3.92. The molecule has 1 fully saturated rings. The Morgan fingerprint density at radius 3 is 2.77 bits per heavy atom. The Balaban J connectivity index is 1.43. The molecule has 2 amide bonds. The molecule has 0 spiro atoms. The van der Waals surface area contributed by atoms with Crippen molar-refractivity contribution < 1.29 is 9.59 Å². The molecule has 7 nitrogen and oxygen atoms in total. The van der Waals surface area contributed by atoms with E-state index >= 15 is 0 Å². The zero-order valence-electron chi connectivity index (χ0n) is 17.0. The molecule has 1 N–H and O–H groups in total. The maximum Gasteiger partial charge on any atom is 0.243 e. The smallest absolute Gasteiger partial charge is 0.243 e. The zero-order chi connectivity index (χ0) is 20.9. The van der Waals surface area contributed by atoms with Crippen LogP contribution in [0.2, 0.25) is 0 Å². The van der Waals surface area contributed by atoms with Crippen LogP contribution in [0.25, 0.3) is 5.69 Å². The van der Waals surface area contributed by atoms with Crippen molar-refractivity contribution in [2.45, 2.75) is 38.8 Å². The van der Waals surface area contributed by atoms with Gasteiger partial charge in [-0.3, -0.25) is 9.59 Å². The van der Waals surface area contributed by atoms with E-state index < -0.39 is 6.04 Å². The SMILES string of the molecule is Cc1ccc(-n2cncn2)c(CNC(=O)C2CCCN2C(=O)Cc2ccccc2)c1. The van der Waals surface area contributed by atoms with Crippen molar-refractivity contribution >= 4 is 11.8 Å². The molecular formula is C23H25N5O2. The molecule has 0 saturated carbocycles. The number of hydrogen-bond acceptors (Lipinski definition) is 4. The first-order valence-electron chi connectivity index (χ1n) is 10.2. The first-order valence-corrected chi connectivity index (χ1v) is 10.2. The molecule has 0 bridgehead atoms. The van der Waals surface area contributed by atoms with Crippen molar-refractivity contribution in [1.29, 1.82) is 0 Å². The number of nitrogens with one attached hydrogen (secondary N) is 1. The van der Waals surface area contributed by atoms with E-state index in [1.165, 1.54) is 6.33 Å². The Labute approximate surface area is 175 Å². The van der Waals surface area contributed by atoms with Gasteiger partial charge in [0.25, 0.3) is 0 Å². The summed E-state index contributed by atoms with van der Waals surface area (Å²) in [6.07, 6.45) is 4.97. The van der Waals surface area contributed by atoms with Gasteiger partial charge in [0.1, 0.15) is 18.7 Å². The highest BCUT2D eigenvalue weighted by Crippen LogP contribution is 2.20. The molecule has 30 heavy (non-hydrogen) atoms. The van der Waals surface area contributed by atoms with Crippen molar-refractivity contribution in [3.63, 3.8) is 0 Å². The number of carbonyl (C=O) groups excluding carboxylic acids is 2. The standard InChI is InChI=1S/C23H25N5O2/c1-17-9-10-20(28-16-24-15-26-28)19(12-17)14-25-23(30)21-8-5-11-27(21)22(29)13-18-6-3-2-4-7-18/h2-4,6-7,9-10,12,15-16,21H,5,8,11,13-14H2,1H3,(H,25,30). The number of rotatable bonds is 6. The maximum absolute atomic E-state index is 12.9. The van der Waals surface area contributed by atoms with Crippen molar-refractivity contribution in [2.75, 3.05) is 6.54 Å². The largest absolute Gasteiger partial charge is 0.350 e. The average molecular weight is 403 g/mol. The van der Waals surface area contributed by atoms with Gasteiger partial charge in [-0.05, 0) is 37.0 Å². The molecule has 1 unspecified atom stereocenters. The molecule has 1 aliphatic heterocycles. The minimum atomic E-state index is -0.416. The third kappa shape index (κ3) is 4.40. The Hall–Kier alpha value is -3.48. The predicted molar refractivity (Wildman–Crippen MR) is 113 cm³/mol. The second-order valence-electron chi connectivity index (χ2n) is 7.60. The molecule has 3 aromatic rings. The monoisotopic (exact) mass is 403 g/mol. The van der Waals surface area contributed by atoms with Gasteiger partial charge in [0.05, 0.1) is 12.1 Å². The summed E-state index contributed by atoms with van der Waals surface area (Å²) in [6, 6.07) is 15.2. The van der Waals surface area contributed by atoms with Crippen LogP contribution in [-0.4, -0.2) is 44.1 Å². The Morgan fingerprint density at radius 2 is 2.00 bits per heavy atom. The molecule has 1 aromatic heterocycles. The summed E-state index contributed by atoms with van der Waals surface area (Å²) in [5, 5.41) is 7.22. The molecule has 0 radical (unpaired) electrons. The van der Waals surface area contributed by atoms with Crippen molar-refractivity contribution in [3.8, 4) is 5.69 Å². The lowest BCUT2D eigenvalue weighted by Crippen LogP contribution is -2.46. The highest BCUT2D eigenvalue weighted by molar-refractivity contribution is 5.89. The van der Waals surface area contributed by atoms with Gasteiger partial charge < -0.3 is 10.2 Å². The topological polar surface area (TPSA) is 80.1 Å². The van der Waals surface area contributed by atoms with Crippen LogP contribution in [0.15, 0.2) is 61.2 Å². The number of amides is 2. The quantitative estimate of drug-likeness (QED) is 0.686. The molecule has 0 aliphatic carbocycles. The summed E-state index contributed by atoms with van der Waals surface area (Å²) in [7, 11) is 0. The predicted octanol–water partition coefficient (Wildman–Crippen LogP) is 2.43. The summed E-state index contributed by atoms with van der Waals surface area (Å²) < 4.78 is 1.69. The van der Waals surface area contributed by atoms with Gasteiger partial charge in [-0.25, -0.2) is 9.67 Å². The van der Waals surface area contributed by atoms with Crippen LogP contribution >= 0.6 is 0 Å². The Bertz CT molecular complexity index is 1020. The van der Waals surface area contributed by atoms with Crippen LogP contribution in [0, 0.1) is 6.92 Å². The first kappa shape index (κ1) is 19.8. The fraction of sp³-hybridized carbons (Fsp3) is 0.304. The molecule has 1 saturated heterocycles. The molecular weight excluding hydrogens is 378 g/mol. The van der Waals surface area contributed by atoms with Crippen LogP contribution in [0.1, 0.15) is 29.5 Å². The second kappa shape index (κ2) is 8.90. The summed E-state index contributed by atoms with van der Waals surface area (Å²) in [5.74, 6) is -0.113. The van der Waals surface area contributed by atoms with E-state index in [1.807, 2.05) is 55.5 Å². The van der Waals surface area contributed by atoms with Crippen molar-refractivity contribution in [2.24, 2.45) is 0 Å². The van der Waals surface area contributed by atoms with E-state index in [0.717, 1.165) is 28.8 Å². The van der Waals surface area contributed by atoms with E-state index in [4.69, 9.17) is 0 Å². The average Bonchev–Trinajstić information content (AvgIpc) is 3.45. The molecule has 1 aliphatic rings. The molecule has 4 rings (SSSR count). The van der Waals surface area contributed by atoms with E-state index in [-0.39, 0.29) is 11.8 Å². The summed E-state index contributed by atoms with van der Waals surface area (Å²) in [4.78, 5) is 31.4. The lowest BCUT2D eigenvalue weighted by molar-refractivity contribution is -0.138. The molecule has 1 atom stereocenters. The van der Waals surface area contributed by atoms with Crippen LogP contribution in [0.3, 0.4) is 0 Å². The van der Waals surface area contributed by atoms with Gasteiger partial charge in [-0.15, -0.1) is 0 Å².